The van der Waals surface area contributed by atoms with Gasteiger partial charge in [-0.1, -0.05) is 0 Å². The summed E-state index contributed by atoms with van der Waals surface area (Å²) >= 11 is 0. The highest BCUT2D eigenvalue weighted by molar-refractivity contribution is 5.95. The number of hydrogen-bond donors (Lipinski definition) is 3. The number of piperidine rings is 1. The summed E-state index contributed by atoms with van der Waals surface area (Å²) in [4.78, 5) is 11.3. The molecule has 19 heavy (non-hydrogen) atoms. The van der Waals surface area contributed by atoms with Crippen molar-refractivity contribution in [3.05, 3.63) is 18.2 Å². The maximum absolute atomic E-state index is 11.3. The summed E-state index contributed by atoms with van der Waals surface area (Å²) in [5.41, 5.74) is 1.78. The third-order valence-corrected chi connectivity index (χ3v) is 3.61. The van der Waals surface area contributed by atoms with Crippen molar-refractivity contribution in [2.45, 2.75) is 12.8 Å². The number of carbonyl (C=O) groups excluding carboxylic acids is 1. The number of carbonyl (C=O) groups is 1. The predicted molar refractivity (Wildman–Crippen MR) is 74.7 cm³/mol. The summed E-state index contributed by atoms with van der Waals surface area (Å²) in [5.74, 6) is 1.32. The standard InChI is InChI=1S/C14H19N3O2/c18-14-9-19-13-4-3-11(6-12(13)17-14)16-8-10-2-1-5-15-7-10/h3-4,6,10,15-16H,1-2,5,7-9H2,(H,17,18). The SMILES string of the molecule is O=C1COc2ccc(NCC3CCCNC3)cc2N1. The Hall–Kier alpha value is -1.75. The van der Waals surface area contributed by atoms with Gasteiger partial charge in [0, 0.05) is 12.2 Å². The summed E-state index contributed by atoms with van der Waals surface area (Å²) in [7, 11) is 0. The Kier molecular flexibility index (Phi) is 3.55. The van der Waals surface area contributed by atoms with Crippen LogP contribution in [0.4, 0.5) is 11.4 Å². The highest BCUT2D eigenvalue weighted by Gasteiger charge is 2.16. The van der Waals surface area contributed by atoms with Crippen molar-refractivity contribution in [1.82, 2.24) is 5.32 Å². The molecule has 2 heterocycles. The van der Waals surface area contributed by atoms with Crippen molar-refractivity contribution in [3.63, 3.8) is 0 Å². The number of rotatable bonds is 3. The van der Waals surface area contributed by atoms with Gasteiger partial charge in [-0.15, -0.1) is 0 Å². The van der Waals surface area contributed by atoms with Gasteiger partial charge in [-0.2, -0.15) is 0 Å². The van der Waals surface area contributed by atoms with Gasteiger partial charge in [-0.3, -0.25) is 4.79 Å². The zero-order valence-corrected chi connectivity index (χ0v) is 10.9. The van der Waals surface area contributed by atoms with Crippen molar-refractivity contribution in [2.24, 2.45) is 5.92 Å². The Morgan fingerprint density at radius 1 is 1.42 bits per heavy atom. The molecule has 5 nitrogen and oxygen atoms in total. The third kappa shape index (κ3) is 2.98. The van der Waals surface area contributed by atoms with Crippen molar-refractivity contribution < 1.29 is 9.53 Å². The van der Waals surface area contributed by atoms with E-state index in [9.17, 15) is 4.79 Å². The van der Waals surface area contributed by atoms with Crippen LogP contribution in [0, 0.1) is 5.92 Å². The first kappa shape index (κ1) is 12.3. The molecule has 1 atom stereocenters. The van der Waals surface area contributed by atoms with E-state index in [0.29, 0.717) is 5.92 Å². The molecule has 0 bridgehead atoms. The van der Waals surface area contributed by atoms with Crippen LogP contribution in [0.2, 0.25) is 0 Å². The molecule has 2 aliphatic rings. The average molecular weight is 261 g/mol. The molecule has 1 aromatic rings. The number of amides is 1. The molecular formula is C14H19N3O2. The van der Waals surface area contributed by atoms with Crippen LogP contribution in [0.5, 0.6) is 5.75 Å². The molecule has 0 radical (unpaired) electrons. The Morgan fingerprint density at radius 2 is 2.37 bits per heavy atom. The summed E-state index contributed by atoms with van der Waals surface area (Å²) < 4.78 is 5.34. The number of fused-ring (bicyclic) bond motifs is 1. The molecular weight excluding hydrogens is 242 g/mol. The lowest BCUT2D eigenvalue weighted by Crippen LogP contribution is -2.33. The second-order valence-corrected chi connectivity index (χ2v) is 5.14. The molecule has 102 valence electrons. The van der Waals surface area contributed by atoms with Crippen molar-refractivity contribution in [2.75, 3.05) is 36.9 Å². The van der Waals surface area contributed by atoms with Gasteiger partial charge in [0.25, 0.3) is 5.91 Å². The summed E-state index contributed by atoms with van der Waals surface area (Å²) in [5, 5.41) is 9.66. The van der Waals surface area contributed by atoms with Gasteiger partial charge < -0.3 is 20.7 Å². The Balaban J connectivity index is 1.61. The van der Waals surface area contributed by atoms with E-state index in [-0.39, 0.29) is 12.5 Å². The van der Waals surface area contributed by atoms with Crippen molar-refractivity contribution in [3.8, 4) is 5.75 Å². The highest BCUT2D eigenvalue weighted by Crippen LogP contribution is 2.30. The average Bonchev–Trinajstić information content (AvgIpc) is 2.46. The molecule has 0 spiro atoms. The monoisotopic (exact) mass is 261 g/mol. The number of anilines is 2. The second-order valence-electron chi connectivity index (χ2n) is 5.14. The largest absolute Gasteiger partial charge is 0.482 e. The lowest BCUT2D eigenvalue weighted by molar-refractivity contribution is -0.118. The van der Waals surface area contributed by atoms with Crippen LogP contribution in [-0.2, 0) is 4.79 Å². The predicted octanol–water partition coefficient (Wildman–Crippen LogP) is 1.43. The molecule has 1 amide bonds. The van der Waals surface area contributed by atoms with E-state index < -0.39 is 0 Å². The summed E-state index contributed by atoms with van der Waals surface area (Å²) in [6.07, 6.45) is 2.52. The van der Waals surface area contributed by atoms with E-state index in [1.54, 1.807) is 0 Å². The normalized spacial score (nSPS) is 22.1. The fraction of sp³-hybridized carbons (Fsp3) is 0.500. The molecule has 1 aromatic carbocycles. The molecule has 1 saturated heterocycles. The van der Waals surface area contributed by atoms with Gasteiger partial charge in [0.15, 0.2) is 6.61 Å². The van der Waals surface area contributed by atoms with Gasteiger partial charge in [0.1, 0.15) is 5.75 Å². The van der Waals surface area contributed by atoms with E-state index in [1.165, 1.54) is 12.8 Å². The lowest BCUT2D eigenvalue weighted by Gasteiger charge is -2.24. The summed E-state index contributed by atoms with van der Waals surface area (Å²) in [6, 6.07) is 5.82. The zero-order valence-electron chi connectivity index (χ0n) is 10.9. The first-order chi connectivity index (χ1) is 9.31. The summed E-state index contributed by atoms with van der Waals surface area (Å²) in [6.45, 7) is 3.28. The minimum Gasteiger partial charge on any atom is -0.482 e. The van der Waals surface area contributed by atoms with E-state index in [0.717, 1.165) is 36.8 Å². The fourth-order valence-electron chi connectivity index (χ4n) is 2.55. The minimum absolute atomic E-state index is 0.0962. The molecule has 0 saturated carbocycles. The van der Waals surface area contributed by atoms with Gasteiger partial charge >= 0.3 is 0 Å². The molecule has 1 unspecified atom stereocenters. The van der Waals surface area contributed by atoms with Crippen LogP contribution in [0.1, 0.15) is 12.8 Å². The number of ether oxygens (including phenoxy) is 1. The number of benzene rings is 1. The van der Waals surface area contributed by atoms with Gasteiger partial charge in [-0.25, -0.2) is 0 Å². The first-order valence-corrected chi connectivity index (χ1v) is 6.82. The quantitative estimate of drug-likeness (QED) is 0.770. The highest BCUT2D eigenvalue weighted by atomic mass is 16.5. The second kappa shape index (κ2) is 5.48. The van der Waals surface area contributed by atoms with Crippen LogP contribution in [0.3, 0.4) is 0 Å². The van der Waals surface area contributed by atoms with Crippen LogP contribution in [0.25, 0.3) is 0 Å². The zero-order chi connectivity index (χ0) is 13.1. The molecule has 3 rings (SSSR count). The maximum Gasteiger partial charge on any atom is 0.262 e. The number of nitrogens with one attached hydrogen (secondary N) is 3. The molecule has 3 N–H and O–H groups in total. The number of hydrogen-bond acceptors (Lipinski definition) is 4. The van der Waals surface area contributed by atoms with E-state index in [1.807, 2.05) is 18.2 Å². The smallest absolute Gasteiger partial charge is 0.262 e. The van der Waals surface area contributed by atoms with E-state index in [4.69, 9.17) is 4.74 Å². The lowest BCUT2D eigenvalue weighted by atomic mass is 10.00. The molecule has 0 aromatic heterocycles. The Labute approximate surface area is 112 Å². The Morgan fingerprint density at radius 3 is 3.21 bits per heavy atom. The van der Waals surface area contributed by atoms with Crippen LogP contribution >= 0.6 is 0 Å². The van der Waals surface area contributed by atoms with E-state index in [2.05, 4.69) is 16.0 Å². The molecule has 0 aliphatic carbocycles. The van der Waals surface area contributed by atoms with Crippen LogP contribution in [-0.4, -0.2) is 32.1 Å². The van der Waals surface area contributed by atoms with Crippen LogP contribution in [0.15, 0.2) is 18.2 Å². The molecule has 1 fully saturated rings. The third-order valence-electron chi connectivity index (χ3n) is 3.61. The molecule has 2 aliphatic heterocycles. The molecule has 5 heteroatoms. The topological polar surface area (TPSA) is 62.4 Å². The van der Waals surface area contributed by atoms with E-state index >= 15 is 0 Å². The van der Waals surface area contributed by atoms with Gasteiger partial charge in [0.05, 0.1) is 5.69 Å². The minimum atomic E-state index is -0.0962. The van der Waals surface area contributed by atoms with Crippen LogP contribution < -0.4 is 20.7 Å². The Bertz CT molecular complexity index is 470. The maximum atomic E-state index is 11.3. The first-order valence-electron chi connectivity index (χ1n) is 6.82. The van der Waals surface area contributed by atoms with Gasteiger partial charge in [-0.05, 0) is 50.0 Å². The van der Waals surface area contributed by atoms with Crippen molar-refractivity contribution >= 4 is 17.3 Å². The van der Waals surface area contributed by atoms with Crippen molar-refractivity contribution in [1.29, 1.82) is 0 Å². The van der Waals surface area contributed by atoms with Gasteiger partial charge in [0.2, 0.25) is 0 Å². The fourth-order valence-corrected chi connectivity index (χ4v) is 2.55.